The van der Waals surface area contributed by atoms with E-state index in [-0.39, 0.29) is 17.4 Å². The first-order valence-corrected chi connectivity index (χ1v) is 11.2. The van der Waals surface area contributed by atoms with Crippen LogP contribution in [-0.4, -0.2) is 25.9 Å². The van der Waals surface area contributed by atoms with Crippen molar-refractivity contribution in [3.8, 4) is 22.6 Å². The largest absolute Gasteiger partial charge is 0.491 e. The quantitative estimate of drug-likeness (QED) is 0.285. The van der Waals surface area contributed by atoms with E-state index < -0.39 is 11.6 Å². The molecule has 0 aromatic heterocycles. The van der Waals surface area contributed by atoms with Gasteiger partial charge in [0, 0.05) is 12.2 Å². The van der Waals surface area contributed by atoms with Crippen molar-refractivity contribution in [3.63, 3.8) is 0 Å². The van der Waals surface area contributed by atoms with Crippen LogP contribution in [0.1, 0.15) is 45.4 Å². The molecule has 2 aromatic carbocycles. The molecule has 168 valence electrons. The Hall–Kier alpha value is -2.40. The third kappa shape index (κ3) is 6.54. The molecule has 0 amide bonds. The summed E-state index contributed by atoms with van der Waals surface area (Å²) in [6.45, 7) is 7.41. The zero-order valence-corrected chi connectivity index (χ0v) is 18.2. The topological polar surface area (TPSA) is 27.7 Å². The van der Waals surface area contributed by atoms with E-state index in [0.717, 1.165) is 45.1 Å². The third-order valence-corrected chi connectivity index (χ3v) is 5.65. The zero-order chi connectivity index (χ0) is 22.1. The normalized spacial score (nSPS) is 18.5. The number of hydrogen-bond acceptors (Lipinski definition) is 3. The fraction of sp³-hybridized carbons (Fsp3) is 0.462. The van der Waals surface area contributed by atoms with Gasteiger partial charge >= 0.3 is 0 Å². The molecule has 2 atom stereocenters. The van der Waals surface area contributed by atoms with Gasteiger partial charge in [0.2, 0.25) is 5.82 Å². The number of rotatable bonds is 11. The lowest BCUT2D eigenvalue weighted by molar-refractivity contribution is -0.0387. The van der Waals surface area contributed by atoms with Crippen LogP contribution in [0.4, 0.5) is 8.78 Å². The molecule has 1 fully saturated rings. The Kier molecular flexibility index (Phi) is 8.89. The van der Waals surface area contributed by atoms with Gasteiger partial charge in [-0.1, -0.05) is 31.6 Å². The summed E-state index contributed by atoms with van der Waals surface area (Å²) in [6, 6.07) is 10.0. The summed E-state index contributed by atoms with van der Waals surface area (Å²) in [4.78, 5) is 0. The number of ether oxygens (including phenoxy) is 3. The van der Waals surface area contributed by atoms with E-state index >= 15 is 0 Å². The minimum atomic E-state index is -0.949. The van der Waals surface area contributed by atoms with Crippen LogP contribution in [0.15, 0.2) is 49.1 Å². The predicted octanol–water partition coefficient (Wildman–Crippen LogP) is 6.95. The van der Waals surface area contributed by atoms with Gasteiger partial charge in [-0.15, -0.1) is 6.58 Å². The fourth-order valence-electron chi connectivity index (χ4n) is 3.69. The van der Waals surface area contributed by atoms with Crippen LogP contribution in [0, 0.1) is 17.6 Å². The van der Waals surface area contributed by atoms with Gasteiger partial charge in [0.1, 0.15) is 12.4 Å². The van der Waals surface area contributed by atoms with E-state index in [9.17, 15) is 8.78 Å². The molecule has 2 aromatic rings. The Balaban J connectivity index is 1.53. The van der Waals surface area contributed by atoms with Gasteiger partial charge in [0.05, 0.1) is 12.7 Å². The monoisotopic (exact) mass is 430 g/mol. The van der Waals surface area contributed by atoms with E-state index in [2.05, 4.69) is 6.58 Å². The molecule has 0 spiro atoms. The fourth-order valence-corrected chi connectivity index (χ4v) is 3.69. The summed E-state index contributed by atoms with van der Waals surface area (Å²) in [5, 5.41) is 0. The molecule has 3 nitrogen and oxygen atoms in total. The smallest absolute Gasteiger partial charge is 0.201 e. The standard InChI is InChI=1S/C26H32F2O3/c1-3-5-7-19-8-11-22(30-17-19)18-31-21-12-9-20(10-13-21)23-14-15-24(26(28)25(23)27)29-16-6-4-2/h3,9-10,12-15,19,22H,1,4-8,11,16-18H2,2H3. The number of allylic oxidation sites excluding steroid dienone is 1. The molecule has 3 rings (SSSR count). The van der Waals surface area contributed by atoms with E-state index in [0.29, 0.717) is 30.4 Å². The number of unbranched alkanes of at least 4 members (excludes halogenated alkanes) is 1. The predicted molar refractivity (Wildman–Crippen MR) is 120 cm³/mol. The van der Waals surface area contributed by atoms with Crippen molar-refractivity contribution in [1.29, 1.82) is 0 Å². The second-order valence-corrected chi connectivity index (χ2v) is 8.04. The molecule has 1 aliphatic heterocycles. The molecule has 1 heterocycles. The van der Waals surface area contributed by atoms with Crippen LogP contribution >= 0.6 is 0 Å². The molecule has 0 radical (unpaired) electrons. The highest BCUT2D eigenvalue weighted by Gasteiger charge is 2.22. The van der Waals surface area contributed by atoms with Crippen LogP contribution in [-0.2, 0) is 4.74 Å². The average Bonchev–Trinajstić information content (AvgIpc) is 2.80. The molecule has 0 saturated carbocycles. The van der Waals surface area contributed by atoms with Crippen molar-refractivity contribution in [2.24, 2.45) is 5.92 Å². The Bertz CT molecular complexity index is 827. The Labute approximate surface area is 184 Å². The van der Waals surface area contributed by atoms with Crippen molar-refractivity contribution in [2.75, 3.05) is 19.8 Å². The van der Waals surface area contributed by atoms with Gasteiger partial charge in [0.25, 0.3) is 0 Å². The molecule has 2 unspecified atom stereocenters. The third-order valence-electron chi connectivity index (χ3n) is 5.65. The zero-order valence-electron chi connectivity index (χ0n) is 18.2. The lowest BCUT2D eigenvalue weighted by Crippen LogP contribution is -2.30. The maximum absolute atomic E-state index is 14.5. The SMILES string of the molecule is C=CCCC1CCC(COc2ccc(-c3ccc(OCCCC)c(F)c3F)cc2)OC1. The van der Waals surface area contributed by atoms with Crippen molar-refractivity contribution in [3.05, 3.63) is 60.7 Å². The van der Waals surface area contributed by atoms with E-state index in [1.165, 1.54) is 6.07 Å². The summed E-state index contributed by atoms with van der Waals surface area (Å²) in [5.41, 5.74) is 0.788. The van der Waals surface area contributed by atoms with Gasteiger partial charge < -0.3 is 14.2 Å². The number of benzene rings is 2. The van der Waals surface area contributed by atoms with Gasteiger partial charge in [-0.25, -0.2) is 4.39 Å². The maximum atomic E-state index is 14.5. The average molecular weight is 431 g/mol. The molecular weight excluding hydrogens is 398 g/mol. The van der Waals surface area contributed by atoms with Crippen molar-refractivity contribution in [1.82, 2.24) is 0 Å². The Morgan fingerprint density at radius 3 is 2.55 bits per heavy atom. The molecule has 0 bridgehead atoms. The van der Waals surface area contributed by atoms with Crippen LogP contribution in [0.25, 0.3) is 11.1 Å². The minimum absolute atomic E-state index is 0.0473. The highest BCUT2D eigenvalue weighted by Crippen LogP contribution is 2.31. The van der Waals surface area contributed by atoms with E-state index in [1.54, 1.807) is 30.3 Å². The Morgan fingerprint density at radius 2 is 1.87 bits per heavy atom. The summed E-state index contributed by atoms with van der Waals surface area (Å²) in [6.07, 6.45) is 8.05. The van der Waals surface area contributed by atoms with Crippen molar-refractivity contribution in [2.45, 2.75) is 51.6 Å². The first-order valence-electron chi connectivity index (χ1n) is 11.2. The second-order valence-electron chi connectivity index (χ2n) is 8.04. The van der Waals surface area contributed by atoms with Crippen molar-refractivity contribution >= 4 is 0 Å². The molecule has 5 heteroatoms. The molecule has 0 aliphatic carbocycles. The number of hydrogen-bond donors (Lipinski definition) is 0. The van der Waals surface area contributed by atoms with E-state index in [1.807, 2.05) is 13.0 Å². The first kappa shape index (κ1) is 23.3. The summed E-state index contributed by atoms with van der Waals surface area (Å²) >= 11 is 0. The van der Waals surface area contributed by atoms with Crippen LogP contribution in [0.3, 0.4) is 0 Å². The van der Waals surface area contributed by atoms with Crippen LogP contribution in [0.5, 0.6) is 11.5 Å². The van der Waals surface area contributed by atoms with E-state index in [4.69, 9.17) is 14.2 Å². The summed E-state index contributed by atoms with van der Waals surface area (Å²) < 4.78 is 46.0. The van der Waals surface area contributed by atoms with Gasteiger partial charge in [0.15, 0.2) is 11.6 Å². The van der Waals surface area contributed by atoms with Gasteiger partial charge in [-0.3, -0.25) is 0 Å². The van der Waals surface area contributed by atoms with Gasteiger partial charge in [-0.05, 0) is 67.9 Å². The van der Waals surface area contributed by atoms with Crippen LogP contribution in [0.2, 0.25) is 0 Å². The Morgan fingerprint density at radius 1 is 1.06 bits per heavy atom. The van der Waals surface area contributed by atoms with Crippen molar-refractivity contribution < 1.29 is 23.0 Å². The second kappa shape index (κ2) is 11.8. The summed E-state index contributed by atoms with van der Waals surface area (Å²) in [7, 11) is 0. The highest BCUT2D eigenvalue weighted by atomic mass is 19.2. The molecular formula is C26H32F2O3. The summed E-state index contributed by atoms with van der Waals surface area (Å²) in [5.74, 6) is -0.610. The lowest BCUT2D eigenvalue weighted by Gasteiger charge is -2.28. The molecule has 1 aliphatic rings. The first-order chi connectivity index (χ1) is 15.1. The number of halogens is 2. The van der Waals surface area contributed by atoms with Crippen LogP contribution < -0.4 is 9.47 Å². The minimum Gasteiger partial charge on any atom is -0.491 e. The molecule has 1 saturated heterocycles. The maximum Gasteiger partial charge on any atom is 0.201 e. The highest BCUT2D eigenvalue weighted by molar-refractivity contribution is 5.66. The van der Waals surface area contributed by atoms with Gasteiger partial charge in [-0.2, -0.15) is 4.39 Å². The molecule has 31 heavy (non-hydrogen) atoms. The lowest BCUT2D eigenvalue weighted by atomic mass is 9.94. The molecule has 0 N–H and O–H groups in total.